The second-order valence-corrected chi connectivity index (χ2v) is 12.3. The lowest BCUT2D eigenvalue weighted by atomic mass is 10.00. The first-order valence-electron chi connectivity index (χ1n) is 15.5. The van der Waals surface area contributed by atoms with Crippen molar-refractivity contribution in [2.24, 2.45) is 0 Å². The Hall–Kier alpha value is -4.49. The summed E-state index contributed by atoms with van der Waals surface area (Å²) in [5.74, 6) is 0.523. The minimum absolute atomic E-state index is 0.0917. The maximum Gasteiger partial charge on any atom is 0.317 e. The standard InChI is InChI=1S/C34H35Cl2N7O5/c1-47-33-19(13-37-14-20-10-12-29(44)39-20)9-11-25(41-33)23-7-3-5-21(31(23)35)22-6-4-8-27(32(22)36)43-17-24-26(18-43)40-28(42-34(24)48-2)15-38-16-30(45)46/h3-9,11,20,37-38H,10,12-18H2,1-2H3,(H,39,44)(H,45,46)/t20-/m0/s1. The summed E-state index contributed by atoms with van der Waals surface area (Å²) in [6.07, 6.45) is 1.39. The average Bonchev–Trinajstić information content (AvgIpc) is 3.70. The number of carbonyl (C=O) groups is 2. The number of aromatic nitrogens is 3. The number of hydrogen-bond donors (Lipinski definition) is 4. The van der Waals surface area contributed by atoms with Crippen molar-refractivity contribution >= 4 is 40.8 Å². The van der Waals surface area contributed by atoms with E-state index in [0.717, 1.165) is 45.6 Å². The molecule has 2 aliphatic heterocycles. The number of nitrogens with zero attached hydrogens (tertiary/aromatic N) is 4. The maximum atomic E-state index is 11.5. The quantitative estimate of drug-likeness (QED) is 0.156. The number of carbonyl (C=O) groups excluding carboxylic acids is 1. The molecule has 250 valence electrons. The number of carboxylic acid groups (broad SMARTS) is 1. The summed E-state index contributed by atoms with van der Waals surface area (Å²) in [6, 6.07) is 15.6. The second kappa shape index (κ2) is 14.7. The van der Waals surface area contributed by atoms with E-state index in [4.69, 9.17) is 42.8 Å². The predicted octanol–water partition coefficient (Wildman–Crippen LogP) is 4.59. The molecule has 48 heavy (non-hydrogen) atoms. The highest BCUT2D eigenvalue weighted by Crippen LogP contribution is 2.44. The minimum atomic E-state index is -0.958. The summed E-state index contributed by atoms with van der Waals surface area (Å²) < 4.78 is 11.2. The van der Waals surface area contributed by atoms with E-state index < -0.39 is 5.97 Å². The van der Waals surface area contributed by atoms with Crippen LogP contribution >= 0.6 is 23.2 Å². The van der Waals surface area contributed by atoms with Crippen molar-refractivity contribution in [3.05, 3.63) is 81.2 Å². The zero-order valence-corrected chi connectivity index (χ0v) is 28.0. The van der Waals surface area contributed by atoms with Crippen molar-refractivity contribution in [1.82, 2.24) is 30.9 Å². The zero-order chi connectivity index (χ0) is 33.8. The number of halogens is 2. The van der Waals surface area contributed by atoms with Crippen LogP contribution in [-0.2, 0) is 35.8 Å². The van der Waals surface area contributed by atoms with Gasteiger partial charge in [-0.25, -0.2) is 9.97 Å². The Morgan fingerprint density at radius 3 is 2.42 bits per heavy atom. The summed E-state index contributed by atoms with van der Waals surface area (Å²) in [4.78, 5) is 38.4. The van der Waals surface area contributed by atoms with Crippen molar-refractivity contribution in [2.45, 2.75) is 45.1 Å². The monoisotopic (exact) mass is 691 g/mol. The van der Waals surface area contributed by atoms with Gasteiger partial charge in [-0.1, -0.05) is 59.6 Å². The smallest absolute Gasteiger partial charge is 0.317 e. The Kier molecular flexibility index (Phi) is 10.3. The highest BCUT2D eigenvalue weighted by Gasteiger charge is 2.28. The van der Waals surface area contributed by atoms with Crippen molar-refractivity contribution in [2.75, 3.05) is 32.2 Å². The van der Waals surface area contributed by atoms with E-state index in [0.29, 0.717) is 65.9 Å². The first-order chi connectivity index (χ1) is 23.2. The summed E-state index contributed by atoms with van der Waals surface area (Å²) in [5, 5.41) is 19.2. The molecule has 4 N–H and O–H groups in total. The molecule has 0 unspecified atom stereocenters. The normalized spacial score (nSPS) is 15.4. The molecule has 0 bridgehead atoms. The lowest BCUT2D eigenvalue weighted by Gasteiger charge is -2.21. The van der Waals surface area contributed by atoms with Crippen molar-refractivity contribution in [1.29, 1.82) is 0 Å². The molecule has 0 saturated carbocycles. The van der Waals surface area contributed by atoms with Crippen LogP contribution in [0.15, 0.2) is 48.5 Å². The molecule has 0 radical (unpaired) electrons. The van der Waals surface area contributed by atoms with Crippen LogP contribution in [0.25, 0.3) is 22.4 Å². The number of carboxylic acids is 1. The fourth-order valence-corrected chi connectivity index (χ4v) is 6.70. The number of pyridine rings is 1. The summed E-state index contributed by atoms with van der Waals surface area (Å²) in [6.45, 7) is 2.16. The van der Waals surface area contributed by atoms with Gasteiger partial charge >= 0.3 is 5.97 Å². The maximum absolute atomic E-state index is 11.5. The molecule has 4 heterocycles. The molecule has 1 fully saturated rings. The Balaban J connectivity index is 1.22. The Bertz CT molecular complexity index is 1860. The highest BCUT2D eigenvalue weighted by molar-refractivity contribution is 6.39. The van der Waals surface area contributed by atoms with Crippen molar-refractivity contribution < 1.29 is 24.2 Å². The van der Waals surface area contributed by atoms with Gasteiger partial charge in [0, 0.05) is 47.8 Å². The number of methoxy groups -OCH3 is 2. The van der Waals surface area contributed by atoms with Gasteiger partial charge in [0.15, 0.2) is 0 Å². The number of amides is 1. The third kappa shape index (κ3) is 7.16. The van der Waals surface area contributed by atoms with Crippen LogP contribution < -0.4 is 30.3 Å². The Labute approximate surface area is 287 Å². The van der Waals surface area contributed by atoms with Crippen molar-refractivity contribution in [3.63, 3.8) is 0 Å². The molecule has 4 aromatic rings. The first kappa shape index (κ1) is 33.4. The molecular formula is C34H35Cl2N7O5. The van der Waals surface area contributed by atoms with Gasteiger partial charge in [-0.2, -0.15) is 4.98 Å². The van der Waals surface area contributed by atoms with Gasteiger partial charge < -0.3 is 30.1 Å². The van der Waals surface area contributed by atoms with E-state index in [-0.39, 0.29) is 25.0 Å². The van der Waals surface area contributed by atoms with Crippen LogP contribution in [0.3, 0.4) is 0 Å². The topological polar surface area (TPSA) is 151 Å². The number of benzene rings is 2. The molecule has 14 heteroatoms. The van der Waals surface area contributed by atoms with Gasteiger partial charge in [-0.05, 0) is 18.6 Å². The van der Waals surface area contributed by atoms with E-state index in [1.54, 1.807) is 14.2 Å². The van der Waals surface area contributed by atoms with Gasteiger partial charge in [-0.3, -0.25) is 14.9 Å². The number of hydrogen-bond acceptors (Lipinski definition) is 10. The highest BCUT2D eigenvalue weighted by atomic mass is 35.5. The zero-order valence-electron chi connectivity index (χ0n) is 26.5. The van der Waals surface area contributed by atoms with Gasteiger partial charge in [0.25, 0.3) is 0 Å². The van der Waals surface area contributed by atoms with Crippen molar-refractivity contribution in [3.8, 4) is 34.1 Å². The lowest BCUT2D eigenvalue weighted by molar-refractivity contribution is -0.136. The molecule has 12 nitrogen and oxygen atoms in total. The molecule has 2 aliphatic rings. The Morgan fingerprint density at radius 1 is 0.938 bits per heavy atom. The molecular weight excluding hydrogens is 657 g/mol. The first-order valence-corrected chi connectivity index (χ1v) is 16.2. The number of rotatable bonds is 13. The fraction of sp³-hybridized carbons (Fsp3) is 0.324. The molecule has 1 atom stereocenters. The van der Waals surface area contributed by atoms with Crippen LogP contribution in [-0.4, -0.2) is 65.3 Å². The number of ether oxygens (including phenoxy) is 2. The summed E-state index contributed by atoms with van der Waals surface area (Å²) in [7, 11) is 3.14. The van der Waals surface area contributed by atoms with E-state index in [1.807, 2.05) is 48.5 Å². The molecule has 1 saturated heterocycles. The minimum Gasteiger partial charge on any atom is -0.481 e. The number of aliphatic carboxylic acids is 1. The average molecular weight is 693 g/mol. The van der Waals surface area contributed by atoms with Crippen LogP contribution in [0.4, 0.5) is 5.69 Å². The van der Waals surface area contributed by atoms with Crippen LogP contribution in [0.2, 0.25) is 10.0 Å². The molecule has 2 aromatic heterocycles. The predicted molar refractivity (Wildman–Crippen MR) is 182 cm³/mol. The molecule has 0 spiro atoms. The largest absolute Gasteiger partial charge is 0.481 e. The van der Waals surface area contributed by atoms with E-state index in [1.165, 1.54) is 0 Å². The Morgan fingerprint density at radius 2 is 1.69 bits per heavy atom. The number of fused-ring (bicyclic) bond motifs is 1. The van der Waals surface area contributed by atoms with E-state index in [9.17, 15) is 9.59 Å². The van der Waals surface area contributed by atoms with E-state index in [2.05, 4.69) is 30.8 Å². The second-order valence-electron chi connectivity index (χ2n) is 11.5. The van der Waals surface area contributed by atoms with Gasteiger partial charge in [-0.15, -0.1) is 0 Å². The van der Waals surface area contributed by atoms with Gasteiger partial charge in [0.2, 0.25) is 17.7 Å². The van der Waals surface area contributed by atoms with Gasteiger partial charge in [0.05, 0.1) is 73.1 Å². The molecule has 6 rings (SSSR count). The fourth-order valence-electron chi connectivity index (χ4n) is 6.02. The van der Waals surface area contributed by atoms with Gasteiger partial charge in [0.1, 0.15) is 5.82 Å². The molecule has 2 aromatic carbocycles. The number of nitrogens with one attached hydrogen (secondary N) is 3. The lowest BCUT2D eigenvalue weighted by Crippen LogP contribution is -2.35. The van der Waals surface area contributed by atoms with Crippen LogP contribution in [0.1, 0.15) is 35.5 Å². The molecule has 0 aliphatic carbocycles. The third-order valence-corrected chi connectivity index (χ3v) is 9.16. The van der Waals surface area contributed by atoms with E-state index >= 15 is 0 Å². The number of anilines is 1. The van der Waals surface area contributed by atoms with Crippen LogP contribution in [0.5, 0.6) is 11.8 Å². The summed E-state index contributed by atoms with van der Waals surface area (Å²) in [5.41, 5.74) is 6.25. The third-order valence-electron chi connectivity index (χ3n) is 8.35. The molecule has 1 amide bonds. The van der Waals surface area contributed by atoms with Crippen LogP contribution in [0, 0.1) is 0 Å². The SMILES string of the molecule is COc1nc(-c2cccc(-c3cccc(N4Cc5nc(CNCC(=O)O)nc(OC)c5C4)c3Cl)c2Cl)ccc1CNC[C@@H]1CCC(=O)N1. The summed E-state index contributed by atoms with van der Waals surface area (Å²) >= 11 is 14.2.